The first-order valence-corrected chi connectivity index (χ1v) is 8.31. The van der Waals surface area contributed by atoms with Gasteiger partial charge < -0.3 is 4.90 Å². The molecule has 4 nitrogen and oxygen atoms in total. The number of anilines is 1. The fourth-order valence-electron chi connectivity index (χ4n) is 3.18. The molecule has 1 aliphatic heterocycles. The number of benzene rings is 1. The molecule has 3 rings (SSSR count). The zero-order chi connectivity index (χ0) is 18.0. The Morgan fingerprint density at radius 1 is 1.12 bits per heavy atom. The smallest absolute Gasteiger partial charge is 0.145 e. The van der Waals surface area contributed by atoms with E-state index in [1.165, 1.54) is 12.1 Å². The van der Waals surface area contributed by atoms with E-state index in [0.29, 0.717) is 11.3 Å². The number of pyridine rings is 1. The van der Waals surface area contributed by atoms with Gasteiger partial charge in [0.2, 0.25) is 0 Å². The van der Waals surface area contributed by atoms with E-state index < -0.39 is 11.6 Å². The molecule has 0 radical (unpaired) electrons. The Hall–Kier alpha value is -2.52. The van der Waals surface area contributed by atoms with Crippen molar-refractivity contribution >= 4 is 5.82 Å². The monoisotopic (exact) mass is 342 g/mol. The van der Waals surface area contributed by atoms with E-state index in [1.54, 1.807) is 0 Å². The lowest BCUT2D eigenvalue weighted by molar-refractivity contribution is 0.194. The number of nitriles is 1. The minimum atomic E-state index is -0.558. The summed E-state index contributed by atoms with van der Waals surface area (Å²) in [5.41, 5.74) is 1.82. The van der Waals surface area contributed by atoms with Crippen molar-refractivity contribution in [2.45, 2.75) is 19.9 Å². The summed E-state index contributed by atoms with van der Waals surface area (Å²) in [4.78, 5) is 8.71. The summed E-state index contributed by atoms with van der Waals surface area (Å²) in [7, 11) is 0. The Bertz CT molecular complexity index is 808. The number of hydrogen-bond donors (Lipinski definition) is 0. The summed E-state index contributed by atoms with van der Waals surface area (Å²) >= 11 is 0. The molecule has 0 N–H and O–H groups in total. The first-order chi connectivity index (χ1) is 12.0. The van der Waals surface area contributed by atoms with E-state index in [2.05, 4.69) is 20.9 Å². The van der Waals surface area contributed by atoms with Crippen LogP contribution in [0.1, 0.15) is 29.8 Å². The Kier molecular flexibility index (Phi) is 4.95. The van der Waals surface area contributed by atoms with Crippen molar-refractivity contribution < 1.29 is 8.78 Å². The van der Waals surface area contributed by atoms with Gasteiger partial charge in [-0.2, -0.15) is 5.26 Å². The molecule has 2 heterocycles. The maximum atomic E-state index is 14.0. The number of hydrogen-bond acceptors (Lipinski definition) is 4. The highest BCUT2D eigenvalue weighted by Crippen LogP contribution is 2.26. The molecule has 130 valence electrons. The maximum absolute atomic E-state index is 14.0. The third-order valence-electron chi connectivity index (χ3n) is 4.79. The number of nitrogens with zero attached hydrogens (tertiary/aromatic N) is 4. The summed E-state index contributed by atoms with van der Waals surface area (Å²) in [6.45, 7) is 6.78. The summed E-state index contributed by atoms with van der Waals surface area (Å²) in [5.74, 6) is -0.270. The minimum Gasteiger partial charge on any atom is -0.354 e. The van der Waals surface area contributed by atoms with Gasteiger partial charge in [0, 0.05) is 43.9 Å². The summed E-state index contributed by atoms with van der Waals surface area (Å²) < 4.78 is 27.1. The molecule has 0 bridgehead atoms. The Labute approximate surface area is 146 Å². The van der Waals surface area contributed by atoms with Crippen molar-refractivity contribution in [2.75, 3.05) is 31.1 Å². The predicted molar refractivity (Wildman–Crippen MR) is 92.2 cm³/mol. The molecular weight excluding hydrogens is 322 g/mol. The molecule has 1 aliphatic rings. The van der Waals surface area contributed by atoms with Crippen LogP contribution in [-0.2, 0) is 0 Å². The average Bonchev–Trinajstić information content (AvgIpc) is 2.62. The molecular formula is C19H20F2N4. The van der Waals surface area contributed by atoms with Crippen molar-refractivity contribution in [1.82, 2.24) is 9.88 Å². The summed E-state index contributed by atoms with van der Waals surface area (Å²) in [6.07, 6.45) is 0. The highest BCUT2D eigenvalue weighted by molar-refractivity contribution is 5.45. The standard InChI is InChI=1S/C19H20F2N4/c1-13-3-6-19(23-18(13)12-22)25-9-7-24(8-10-25)14(2)16-5-4-15(20)11-17(16)21/h3-6,11,14H,7-10H2,1-2H3. The number of piperazine rings is 1. The molecule has 2 aromatic rings. The van der Waals surface area contributed by atoms with E-state index >= 15 is 0 Å². The molecule has 1 atom stereocenters. The van der Waals surface area contributed by atoms with Crippen molar-refractivity contribution in [3.63, 3.8) is 0 Å². The molecule has 1 saturated heterocycles. The summed E-state index contributed by atoms with van der Waals surface area (Å²) in [6, 6.07) is 9.57. The molecule has 1 unspecified atom stereocenters. The quantitative estimate of drug-likeness (QED) is 0.857. The van der Waals surface area contributed by atoms with Crippen LogP contribution in [-0.4, -0.2) is 36.1 Å². The lowest BCUT2D eigenvalue weighted by Crippen LogP contribution is -2.47. The van der Waals surface area contributed by atoms with Crippen LogP contribution < -0.4 is 4.90 Å². The predicted octanol–water partition coefficient (Wildman–Crippen LogP) is 3.42. The lowest BCUT2D eigenvalue weighted by Gasteiger charge is -2.38. The number of halogens is 2. The van der Waals surface area contributed by atoms with Gasteiger partial charge in [0.15, 0.2) is 0 Å². The molecule has 0 amide bonds. The summed E-state index contributed by atoms with van der Waals surface area (Å²) in [5, 5.41) is 9.13. The van der Waals surface area contributed by atoms with Crippen LogP contribution in [0.15, 0.2) is 30.3 Å². The minimum absolute atomic E-state index is 0.122. The maximum Gasteiger partial charge on any atom is 0.145 e. The molecule has 25 heavy (non-hydrogen) atoms. The molecule has 1 fully saturated rings. The van der Waals surface area contributed by atoms with Crippen LogP contribution >= 0.6 is 0 Å². The van der Waals surface area contributed by atoms with Gasteiger partial charge in [-0.05, 0) is 31.5 Å². The Balaban J connectivity index is 1.68. The Morgan fingerprint density at radius 3 is 2.48 bits per heavy atom. The number of aromatic nitrogens is 1. The molecule has 1 aromatic heterocycles. The fourth-order valence-corrected chi connectivity index (χ4v) is 3.18. The molecule has 1 aromatic carbocycles. The normalized spacial score (nSPS) is 16.5. The number of rotatable bonds is 3. The van der Waals surface area contributed by atoms with Gasteiger partial charge in [0.1, 0.15) is 29.2 Å². The van der Waals surface area contributed by atoms with Crippen LogP contribution in [0.3, 0.4) is 0 Å². The second-order valence-corrected chi connectivity index (χ2v) is 6.31. The van der Waals surface area contributed by atoms with Gasteiger partial charge >= 0.3 is 0 Å². The van der Waals surface area contributed by atoms with Crippen LogP contribution in [0, 0.1) is 29.9 Å². The van der Waals surface area contributed by atoms with Crippen LogP contribution in [0.25, 0.3) is 0 Å². The van der Waals surface area contributed by atoms with Crippen molar-refractivity contribution in [1.29, 1.82) is 5.26 Å². The number of aryl methyl sites for hydroxylation is 1. The van der Waals surface area contributed by atoms with Crippen molar-refractivity contribution in [3.8, 4) is 6.07 Å². The molecule has 0 spiro atoms. The van der Waals surface area contributed by atoms with Crippen molar-refractivity contribution in [3.05, 3.63) is 58.8 Å². The topological polar surface area (TPSA) is 43.2 Å². The van der Waals surface area contributed by atoms with Gasteiger partial charge in [0.05, 0.1) is 0 Å². The lowest BCUT2D eigenvalue weighted by atomic mass is 10.1. The second kappa shape index (κ2) is 7.16. The third-order valence-corrected chi connectivity index (χ3v) is 4.79. The van der Waals surface area contributed by atoms with Gasteiger partial charge in [0.25, 0.3) is 0 Å². The van der Waals surface area contributed by atoms with Crippen molar-refractivity contribution in [2.24, 2.45) is 0 Å². The van der Waals surface area contributed by atoms with Crippen LogP contribution in [0.5, 0.6) is 0 Å². The van der Waals surface area contributed by atoms with Gasteiger partial charge in [-0.25, -0.2) is 13.8 Å². The Morgan fingerprint density at radius 2 is 1.84 bits per heavy atom. The zero-order valence-electron chi connectivity index (χ0n) is 14.3. The van der Waals surface area contributed by atoms with E-state index in [-0.39, 0.29) is 6.04 Å². The zero-order valence-corrected chi connectivity index (χ0v) is 14.3. The highest BCUT2D eigenvalue weighted by Gasteiger charge is 2.24. The SMILES string of the molecule is Cc1ccc(N2CCN(C(C)c3ccc(F)cc3F)CC2)nc1C#N. The first-order valence-electron chi connectivity index (χ1n) is 8.31. The first kappa shape index (κ1) is 17.3. The van der Waals surface area contributed by atoms with Crippen LogP contribution in [0.4, 0.5) is 14.6 Å². The highest BCUT2D eigenvalue weighted by atomic mass is 19.1. The van der Waals surface area contributed by atoms with E-state index in [1.807, 2.05) is 26.0 Å². The molecule has 6 heteroatoms. The fraction of sp³-hybridized carbons (Fsp3) is 0.368. The van der Waals surface area contributed by atoms with E-state index in [9.17, 15) is 8.78 Å². The average molecular weight is 342 g/mol. The van der Waals surface area contributed by atoms with Gasteiger partial charge in [-0.15, -0.1) is 0 Å². The molecule has 0 saturated carbocycles. The largest absolute Gasteiger partial charge is 0.354 e. The van der Waals surface area contributed by atoms with Crippen LogP contribution in [0.2, 0.25) is 0 Å². The van der Waals surface area contributed by atoms with Gasteiger partial charge in [-0.1, -0.05) is 12.1 Å². The third kappa shape index (κ3) is 3.62. The second-order valence-electron chi connectivity index (χ2n) is 6.31. The van der Waals surface area contributed by atoms with Gasteiger partial charge in [-0.3, -0.25) is 4.90 Å². The van der Waals surface area contributed by atoms with E-state index in [4.69, 9.17) is 5.26 Å². The van der Waals surface area contributed by atoms with E-state index in [0.717, 1.165) is 43.6 Å². The molecule has 0 aliphatic carbocycles.